The molecule has 1 aromatic carbocycles. The molecule has 0 bridgehead atoms. The SMILES string of the molecule is COC(c1c(F)ccc(C(N)=O)c1F)c1c[nH]c2ncc(-c3cccnc3)cc12. The van der Waals surface area contributed by atoms with Crippen LogP contribution < -0.4 is 5.73 Å². The first kappa shape index (κ1) is 18.7. The molecule has 146 valence electrons. The van der Waals surface area contributed by atoms with Gasteiger partial charge in [-0.15, -0.1) is 0 Å². The molecule has 0 aliphatic heterocycles. The molecule has 0 radical (unpaired) electrons. The van der Waals surface area contributed by atoms with Crippen LogP contribution in [-0.2, 0) is 4.74 Å². The molecule has 4 rings (SSSR count). The first-order valence-electron chi connectivity index (χ1n) is 8.69. The Kier molecular flexibility index (Phi) is 4.77. The number of fused-ring (bicyclic) bond motifs is 1. The number of hydrogen-bond donors (Lipinski definition) is 2. The summed E-state index contributed by atoms with van der Waals surface area (Å²) < 4.78 is 34.9. The lowest BCUT2D eigenvalue weighted by Gasteiger charge is -2.18. The summed E-state index contributed by atoms with van der Waals surface area (Å²) in [6, 6.07) is 7.53. The minimum absolute atomic E-state index is 0.392. The second-order valence-electron chi connectivity index (χ2n) is 6.41. The van der Waals surface area contributed by atoms with E-state index in [0.717, 1.165) is 23.3 Å². The number of nitrogens with two attached hydrogens (primary N) is 1. The van der Waals surface area contributed by atoms with E-state index in [4.69, 9.17) is 10.5 Å². The summed E-state index contributed by atoms with van der Waals surface area (Å²) in [6.45, 7) is 0. The Bertz CT molecular complexity index is 1210. The summed E-state index contributed by atoms with van der Waals surface area (Å²) in [7, 11) is 1.33. The fourth-order valence-corrected chi connectivity index (χ4v) is 3.33. The number of primary amides is 1. The molecule has 3 heterocycles. The van der Waals surface area contributed by atoms with Crippen LogP contribution in [0.1, 0.15) is 27.6 Å². The smallest absolute Gasteiger partial charge is 0.251 e. The van der Waals surface area contributed by atoms with Gasteiger partial charge in [-0.05, 0) is 24.3 Å². The van der Waals surface area contributed by atoms with Gasteiger partial charge in [-0.2, -0.15) is 0 Å². The number of hydrogen-bond acceptors (Lipinski definition) is 4. The summed E-state index contributed by atoms with van der Waals surface area (Å²) in [4.78, 5) is 23.0. The number of aromatic nitrogens is 3. The average molecular weight is 394 g/mol. The van der Waals surface area contributed by atoms with Crippen LogP contribution in [-0.4, -0.2) is 28.0 Å². The summed E-state index contributed by atoms with van der Waals surface area (Å²) in [6.07, 6.45) is 5.49. The van der Waals surface area contributed by atoms with Gasteiger partial charge in [0.1, 0.15) is 23.4 Å². The van der Waals surface area contributed by atoms with E-state index in [1.165, 1.54) is 7.11 Å². The molecule has 3 N–H and O–H groups in total. The number of aromatic amines is 1. The van der Waals surface area contributed by atoms with E-state index in [1.807, 2.05) is 12.1 Å². The van der Waals surface area contributed by atoms with Gasteiger partial charge >= 0.3 is 0 Å². The number of methoxy groups -OCH3 is 1. The zero-order valence-corrected chi connectivity index (χ0v) is 15.3. The van der Waals surface area contributed by atoms with Crippen LogP contribution in [0.25, 0.3) is 22.2 Å². The topological polar surface area (TPSA) is 93.9 Å². The number of ether oxygens (including phenoxy) is 1. The Morgan fingerprint density at radius 3 is 2.72 bits per heavy atom. The Hall–Kier alpha value is -3.65. The lowest BCUT2D eigenvalue weighted by atomic mass is 9.97. The quantitative estimate of drug-likeness (QED) is 0.539. The van der Waals surface area contributed by atoms with Gasteiger partial charge in [-0.25, -0.2) is 13.8 Å². The Balaban J connectivity index is 1.89. The maximum absolute atomic E-state index is 14.9. The van der Waals surface area contributed by atoms with Crippen molar-refractivity contribution in [3.05, 3.63) is 83.4 Å². The number of amides is 1. The Morgan fingerprint density at radius 1 is 1.21 bits per heavy atom. The van der Waals surface area contributed by atoms with Gasteiger partial charge in [0.2, 0.25) is 0 Å². The van der Waals surface area contributed by atoms with Crippen molar-refractivity contribution in [1.82, 2.24) is 15.0 Å². The number of pyridine rings is 2. The van der Waals surface area contributed by atoms with Crippen molar-refractivity contribution >= 4 is 16.9 Å². The van der Waals surface area contributed by atoms with Crippen molar-refractivity contribution in [1.29, 1.82) is 0 Å². The van der Waals surface area contributed by atoms with Gasteiger partial charge in [0.15, 0.2) is 0 Å². The first-order chi connectivity index (χ1) is 14.0. The lowest BCUT2D eigenvalue weighted by molar-refractivity contribution is 0.0993. The fraction of sp³-hybridized carbons (Fsp3) is 0.0952. The molecular weight excluding hydrogens is 378 g/mol. The van der Waals surface area contributed by atoms with Crippen LogP contribution in [0.2, 0.25) is 0 Å². The Morgan fingerprint density at radius 2 is 2.03 bits per heavy atom. The zero-order valence-electron chi connectivity index (χ0n) is 15.3. The molecule has 0 aliphatic rings. The second kappa shape index (κ2) is 7.40. The highest BCUT2D eigenvalue weighted by Gasteiger charge is 2.27. The number of benzene rings is 1. The van der Waals surface area contributed by atoms with E-state index in [1.54, 1.807) is 30.9 Å². The van der Waals surface area contributed by atoms with Gasteiger partial charge in [0.05, 0.1) is 11.1 Å². The molecule has 1 atom stereocenters. The van der Waals surface area contributed by atoms with E-state index >= 15 is 0 Å². The number of carbonyl (C=O) groups is 1. The molecule has 8 heteroatoms. The molecule has 0 aliphatic carbocycles. The molecule has 0 saturated heterocycles. The number of halogens is 2. The molecular formula is C21H16F2N4O2. The van der Waals surface area contributed by atoms with Crippen molar-refractivity contribution in [3.63, 3.8) is 0 Å². The number of nitrogens with one attached hydrogen (secondary N) is 1. The summed E-state index contributed by atoms with van der Waals surface area (Å²) in [5, 5.41) is 0.626. The number of H-pyrrole nitrogens is 1. The van der Waals surface area contributed by atoms with Crippen LogP contribution in [0.5, 0.6) is 0 Å². The normalized spacial score (nSPS) is 12.2. The van der Waals surface area contributed by atoms with E-state index in [2.05, 4.69) is 15.0 Å². The van der Waals surface area contributed by atoms with Gasteiger partial charge in [0, 0.05) is 54.0 Å². The van der Waals surface area contributed by atoms with Crippen molar-refractivity contribution in [2.24, 2.45) is 5.73 Å². The molecule has 3 aromatic heterocycles. The number of rotatable bonds is 5. The summed E-state index contributed by atoms with van der Waals surface area (Å²) in [5.74, 6) is -2.88. The Labute approximate surface area is 164 Å². The van der Waals surface area contributed by atoms with Gasteiger partial charge in [0.25, 0.3) is 5.91 Å². The van der Waals surface area contributed by atoms with Crippen LogP contribution in [0.4, 0.5) is 8.78 Å². The van der Waals surface area contributed by atoms with E-state index in [9.17, 15) is 13.6 Å². The standard InChI is InChI=1S/C21H16F2N4O2/c1-29-19(17-16(22)5-4-13(18(17)23)20(24)28)15-10-27-21-14(15)7-12(9-26-21)11-3-2-6-25-8-11/h2-10,19H,1H3,(H2,24,28)(H,26,27). The third-order valence-electron chi connectivity index (χ3n) is 4.73. The third-order valence-corrected chi connectivity index (χ3v) is 4.73. The molecule has 6 nitrogen and oxygen atoms in total. The fourth-order valence-electron chi connectivity index (χ4n) is 3.33. The van der Waals surface area contributed by atoms with E-state index < -0.39 is 34.8 Å². The molecule has 29 heavy (non-hydrogen) atoms. The zero-order chi connectivity index (χ0) is 20.5. The highest BCUT2D eigenvalue weighted by molar-refractivity contribution is 5.93. The number of carbonyl (C=O) groups excluding carboxylic acids is 1. The van der Waals surface area contributed by atoms with Crippen molar-refractivity contribution < 1.29 is 18.3 Å². The van der Waals surface area contributed by atoms with Gasteiger partial charge < -0.3 is 15.5 Å². The highest BCUT2D eigenvalue weighted by atomic mass is 19.1. The van der Waals surface area contributed by atoms with E-state index in [-0.39, 0.29) is 0 Å². The first-order valence-corrected chi connectivity index (χ1v) is 8.69. The third kappa shape index (κ3) is 3.23. The summed E-state index contributed by atoms with van der Waals surface area (Å²) >= 11 is 0. The molecule has 1 amide bonds. The molecule has 4 aromatic rings. The van der Waals surface area contributed by atoms with E-state index in [0.29, 0.717) is 16.6 Å². The van der Waals surface area contributed by atoms with Crippen LogP contribution >= 0.6 is 0 Å². The maximum atomic E-state index is 14.9. The van der Waals surface area contributed by atoms with Crippen molar-refractivity contribution in [3.8, 4) is 11.1 Å². The number of nitrogens with zero attached hydrogens (tertiary/aromatic N) is 2. The predicted octanol–water partition coefficient (Wildman–Crippen LogP) is 3.74. The maximum Gasteiger partial charge on any atom is 0.251 e. The highest BCUT2D eigenvalue weighted by Crippen LogP contribution is 2.36. The van der Waals surface area contributed by atoms with Crippen LogP contribution in [0.3, 0.4) is 0 Å². The van der Waals surface area contributed by atoms with Gasteiger partial charge in [-0.3, -0.25) is 9.78 Å². The lowest BCUT2D eigenvalue weighted by Crippen LogP contribution is -2.17. The molecule has 0 fully saturated rings. The molecule has 0 saturated carbocycles. The largest absolute Gasteiger partial charge is 0.372 e. The van der Waals surface area contributed by atoms with Crippen LogP contribution in [0, 0.1) is 11.6 Å². The average Bonchev–Trinajstić information content (AvgIpc) is 3.14. The monoisotopic (exact) mass is 394 g/mol. The molecule has 0 spiro atoms. The molecule has 1 unspecified atom stereocenters. The van der Waals surface area contributed by atoms with Gasteiger partial charge in [-0.1, -0.05) is 6.07 Å². The van der Waals surface area contributed by atoms with Crippen LogP contribution in [0.15, 0.2) is 55.1 Å². The summed E-state index contributed by atoms with van der Waals surface area (Å²) in [5.41, 5.74) is 7.04. The van der Waals surface area contributed by atoms with Crippen molar-refractivity contribution in [2.75, 3.05) is 7.11 Å². The predicted molar refractivity (Wildman–Crippen MR) is 103 cm³/mol. The minimum atomic E-state index is -1.12. The van der Waals surface area contributed by atoms with Crippen molar-refractivity contribution in [2.45, 2.75) is 6.10 Å². The minimum Gasteiger partial charge on any atom is -0.372 e. The second-order valence-corrected chi connectivity index (χ2v) is 6.41.